The molecular formula is C18H19ClN2O4. The van der Waals surface area contributed by atoms with Crippen molar-refractivity contribution in [3.63, 3.8) is 0 Å². The molecule has 7 heteroatoms. The summed E-state index contributed by atoms with van der Waals surface area (Å²) >= 11 is 5.79. The monoisotopic (exact) mass is 362 g/mol. The fourth-order valence-corrected chi connectivity index (χ4v) is 2.76. The average molecular weight is 363 g/mol. The molecule has 2 aromatic rings. The Bertz CT molecular complexity index is 808. The lowest BCUT2D eigenvalue weighted by atomic mass is 10.0. The van der Waals surface area contributed by atoms with Gasteiger partial charge < -0.3 is 10.1 Å². The number of methoxy groups -OCH3 is 1. The Morgan fingerprint density at radius 3 is 2.60 bits per heavy atom. The van der Waals surface area contributed by atoms with Crippen molar-refractivity contribution in [1.82, 2.24) is 5.32 Å². The second kappa shape index (κ2) is 7.98. The summed E-state index contributed by atoms with van der Waals surface area (Å²) in [6.45, 7) is 3.88. The second-order valence-electron chi connectivity index (χ2n) is 5.59. The largest absolute Gasteiger partial charge is 0.496 e. The molecule has 0 aliphatic carbocycles. The van der Waals surface area contributed by atoms with Crippen molar-refractivity contribution in [1.29, 1.82) is 0 Å². The number of rotatable bonds is 6. The van der Waals surface area contributed by atoms with E-state index in [1.165, 1.54) is 18.2 Å². The van der Waals surface area contributed by atoms with Gasteiger partial charge in [-0.3, -0.25) is 14.9 Å². The number of aryl methyl sites for hydroxylation is 1. The van der Waals surface area contributed by atoms with Gasteiger partial charge in [-0.05, 0) is 42.7 Å². The number of hydrogen-bond acceptors (Lipinski definition) is 4. The molecule has 25 heavy (non-hydrogen) atoms. The molecule has 0 heterocycles. The Kier molecular flexibility index (Phi) is 5.98. The lowest BCUT2D eigenvalue weighted by Crippen LogP contribution is -2.28. The van der Waals surface area contributed by atoms with E-state index < -0.39 is 4.92 Å². The van der Waals surface area contributed by atoms with E-state index in [2.05, 4.69) is 5.32 Å². The van der Waals surface area contributed by atoms with Gasteiger partial charge in [-0.25, -0.2) is 0 Å². The third-order valence-electron chi connectivity index (χ3n) is 3.94. The zero-order valence-corrected chi connectivity index (χ0v) is 15.0. The predicted octanol–water partition coefficient (Wildman–Crippen LogP) is 4.45. The maximum absolute atomic E-state index is 12.5. The van der Waals surface area contributed by atoms with E-state index >= 15 is 0 Å². The van der Waals surface area contributed by atoms with E-state index in [1.807, 2.05) is 32.0 Å². The zero-order valence-electron chi connectivity index (χ0n) is 14.2. The number of nitrogens with one attached hydrogen (secondary N) is 1. The first kappa shape index (κ1) is 18.7. The summed E-state index contributed by atoms with van der Waals surface area (Å²) in [5.41, 5.74) is 1.81. The van der Waals surface area contributed by atoms with Crippen molar-refractivity contribution in [3.05, 3.63) is 68.2 Å². The minimum Gasteiger partial charge on any atom is -0.496 e. The number of amides is 1. The lowest BCUT2D eigenvalue weighted by Gasteiger charge is -2.19. The summed E-state index contributed by atoms with van der Waals surface area (Å²) in [4.78, 5) is 22.8. The highest BCUT2D eigenvalue weighted by Crippen LogP contribution is 2.27. The Hall–Kier alpha value is -2.60. The smallest absolute Gasteiger partial charge is 0.288 e. The van der Waals surface area contributed by atoms with Gasteiger partial charge in [0.15, 0.2) is 0 Å². The van der Waals surface area contributed by atoms with Gasteiger partial charge in [0.05, 0.1) is 18.1 Å². The van der Waals surface area contributed by atoms with Crippen molar-refractivity contribution in [3.8, 4) is 5.75 Å². The average Bonchev–Trinajstić information content (AvgIpc) is 2.59. The normalized spacial score (nSPS) is 11.7. The molecule has 0 saturated heterocycles. The summed E-state index contributed by atoms with van der Waals surface area (Å²) < 4.78 is 5.25. The molecule has 0 fully saturated rings. The van der Waals surface area contributed by atoms with Crippen LogP contribution in [0.1, 0.15) is 40.9 Å². The highest BCUT2D eigenvalue weighted by atomic mass is 35.5. The Morgan fingerprint density at radius 2 is 2.04 bits per heavy atom. The molecule has 6 nitrogen and oxygen atoms in total. The van der Waals surface area contributed by atoms with Crippen LogP contribution in [-0.2, 0) is 0 Å². The number of ether oxygens (including phenoxy) is 1. The molecule has 0 unspecified atom stereocenters. The molecular weight excluding hydrogens is 344 g/mol. The van der Waals surface area contributed by atoms with Crippen LogP contribution in [0.15, 0.2) is 36.4 Å². The first-order valence-corrected chi connectivity index (χ1v) is 8.14. The number of hydrogen-bond donors (Lipinski definition) is 1. The molecule has 1 N–H and O–H groups in total. The molecule has 1 amide bonds. The summed E-state index contributed by atoms with van der Waals surface area (Å²) in [7, 11) is 1.61. The molecule has 0 radical (unpaired) electrons. The number of nitro benzene ring substituents is 1. The molecule has 2 aromatic carbocycles. The summed E-state index contributed by atoms with van der Waals surface area (Å²) in [6.07, 6.45) is 0.674. The summed E-state index contributed by atoms with van der Waals surface area (Å²) in [5.74, 6) is 0.387. The number of benzene rings is 2. The Labute approximate surface area is 150 Å². The first-order chi connectivity index (χ1) is 11.9. The van der Waals surface area contributed by atoms with Crippen LogP contribution in [0.2, 0.25) is 5.02 Å². The van der Waals surface area contributed by atoms with E-state index in [-0.39, 0.29) is 28.2 Å². The third-order valence-corrected chi connectivity index (χ3v) is 4.26. The third kappa shape index (κ3) is 4.28. The van der Waals surface area contributed by atoms with Gasteiger partial charge in [-0.2, -0.15) is 0 Å². The van der Waals surface area contributed by atoms with E-state index in [9.17, 15) is 14.9 Å². The van der Waals surface area contributed by atoms with Crippen molar-refractivity contribution in [2.24, 2.45) is 0 Å². The van der Waals surface area contributed by atoms with E-state index in [0.717, 1.165) is 16.9 Å². The molecule has 0 bridgehead atoms. The molecule has 0 saturated carbocycles. The summed E-state index contributed by atoms with van der Waals surface area (Å²) in [6, 6.07) is 9.49. The fraction of sp³-hybridized carbons (Fsp3) is 0.278. The van der Waals surface area contributed by atoms with E-state index in [0.29, 0.717) is 6.42 Å². The predicted molar refractivity (Wildman–Crippen MR) is 96.3 cm³/mol. The molecule has 0 aliphatic heterocycles. The molecule has 0 spiro atoms. The topological polar surface area (TPSA) is 81.5 Å². The Balaban J connectivity index is 2.24. The van der Waals surface area contributed by atoms with Gasteiger partial charge in [0.1, 0.15) is 10.8 Å². The van der Waals surface area contributed by atoms with Gasteiger partial charge in [0, 0.05) is 11.6 Å². The van der Waals surface area contributed by atoms with E-state index in [1.54, 1.807) is 7.11 Å². The highest BCUT2D eigenvalue weighted by Gasteiger charge is 2.19. The van der Waals surface area contributed by atoms with Crippen LogP contribution in [0.3, 0.4) is 0 Å². The molecule has 132 valence electrons. The lowest BCUT2D eigenvalue weighted by molar-refractivity contribution is -0.384. The molecule has 2 rings (SSSR count). The fourth-order valence-electron chi connectivity index (χ4n) is 2.57. The van der Waals surface area contributed by atoms with E-state index in [4.69, 9.17) is 16.3 Å². The SMILES string of the molecule is CC[C@H](NC(=O)c1ccc(Cl)c([N+](=O)[O-])c1)c1ccc(OC)c(C)c1. The summed E-state index contributed by atoms with van der Waals surface area (Å²) in [5, 5.41) is 13.9. The van der Waals surface area contributed by atoms with Gasteiger partial charge in [0.25, 0.3) is 11.6 Å². The van der Waals surface area contributed by atoms with Crippen LogP contribution in [0.5, 0.6) is 5.75 Å². The quantitative estimate of drug-likeness (QED) is 0.608. The molecule has 0 aromatic heterocycles. The maximum atomic E-state index is 12.5. The maximum Gasteiger partial charge on any atom is 0.288 e. The van der Waals surface area contributed by atoms with Gasteiger partial charge in [-0.15, -0.1) is 0 Å². The van der Waals surface area contributed by atoms with Gasteiger partial charge in [0.2, 0.25) is 0 Å². The highest BCUT2D eigenvalue weighted by molar-refractivity contribution is 6.32. The van der Waals surface area contributed by atoms with Crippen molar-refractivity contribution < 1.29 is 14.5 Å². The van der Waals surface area contributed by atoms with Crippen LogP contribution in [-0.4, -0.2) is 17.9 Å². The number of nitro groups is 1. The Morgan fingerprint density at radius 1 is 1.32 bits per heavy atom. The minimum absolute atomic E-state index is 0.000583. The van der Waals surface area contributed by atoms with Crippen molar-refractivity contribution >= 4 is 23.2 Å². The number of nitrogens with zero attached hydrogens (tertiary/aromatic N) is 1. The van der Waals surface area contributed by atoms with Crippen molar-refractivity contribution in [2.45, 2.75) is 26.3 Å². The minimum atomic E-state index is -0.608. The van der Waals surface area contributed by atoms with Crippen LogP contribution in [0.4, 0.5) is 5.69 Å². The molecule has 0 aliphatic rings. The van der Waals surface area contributed by atoms with Gasteiger partial charge in [-0.1, -0.05) is 30.7 Å². The van der Waals surface area contributed by atoms with Crippen LogP contribution in [0, 0.1) is 17.0 Å². The second-order valence-corrected chi connectivity index (χ2v) is 5.99. The van der Waals surface area contributed by atoms with Crippen LogP contribution < -0.4 is 10.1 Å². The zero-order chi connectivity index (χ0) is 18.6. The standard InChI is InChI=1S/C18H19ClN2O4/c1-4-15(12-6-8-17(25-3)11(2)9-12)20-18(22)13-5-7-14(19)16(10-13)21(23)24/h5-10,15H,4H2,1-3H3,(H,20,22)/t15-/m0/s1. The first-order valence-electron chi connectivity index (χ1n) is 7.76. The number of carbonyl (C=O) groups excluding carboxylic acids is 1. The van der Waals surface area contributed by atoms with Crippen LogP contribution in [0.25, 0.3) is 0 Å². The van der Waals surface area contributed by atoms with Crippen molar-refractivity contribution in [2.75, 3.05) is 7.11 Å². The molecule has 1 atom stereocenters. The number of carbonyl (C=O) groups is 1. The van der Waals surface area contributed by atoms with Gasteiger partial charge >= 0.3 is 0 Å². The number of halogens is 1. The van der Waals surface area contributed by atoms with Crippen LogP contribution >= 0.6 is 11.6 Å².